The number of aryl methyl sites for hydroxylation is 2. The number of ketones is 1. The second-order valence-corrected chi connectivity index (χ2v) is 4.97. The summed E-state index contributed by atoms with van der Waals surface area (Å²) in [5.74, 6) is 0.294. The smallest absolute Gasteiger partial charge is 0.165 e. The first-order chi connectivity index (χ1) is 8.04. The van der Waals surface area contributed by atoms with Crippen molar-refractivity contribution in [2.75, 3.05) is 6.54 Å². The van der Waals surface area contributed by atoms with E-state index in [1.807, 2.05) is 32.9 Å². The molecule has 0 heterocycles. The largest absolute Gasteiger partial charge is 0.330 e. The number of Topliss-reactive ketones (excluding diaryl/α,β-unsaturated/α-hetero) is 1. The maximum atomic E-state index is 12.0. The van der Waals surface area contributed by atoms with Crippen molar-refractivity contribution < 1.29 is 4.79 Å². The molecule has 2 heteroatoms. The zero-order valence-corrected chi connectivity index (χ0v) is 11.1. The number of nitrogens with two attached hydrogens (primary N) is 1. The van der Waals surface area contributed by atoms with E-state index >= 15 is 0 Å². The topological polar surface area (TPSA) is 43.1 Å². The molecule has 17 heavy (non-hydrogen) atoms. The van der Waals surface area contributed by atoms with E-state index in [1.54, 1.807) is 0 Å². The third kappa shape index (κ3) is 4.31. The summed E-state index contributed by atoms with van der Waals surface area (Å²) < 4.78 is 0. The Morgan fingerprint density at radius 1 is 1.24 bits per heavy atom. The highest BCUT2D eigenvalue weighted by Crippen LogP contribution is 2.15. The van der Waals surface area contributed by atoms with Crippen LogP contribution in [0.3, 0.4) is 0 Å². The minimum Gasteiger partial charge on any atom is -0.330 e. The van der Waals surface area contributed by atoms with Crippen LogP contribution >= 0.6 is 0 Å². The fourth-order valence-electron chi connectivity index (χ4n) is 1.96. The Morgan fingerprint density at radius 3 is 2.53 bits per heavy atom. The number of hydrogen-bond acceptors (Lipinski definition) is 2. The predicted octanol–water partition coefficient (Wildman–Crippen LogP) is 3.12. The summed E-state index contributed by atoms with van der Waals surface area (Å²) in [6.07, 6.45) is 3.15. The minimum absolute atomic E-state index is 0.0636. The Morgan fingerprint density at radius 2 is 1.94 bits per heavy atom. The van der Waals surface area contributed by atoms with Gasteiger partial charge in [-0.1, -0.05) is 25.5 Å². The normalized spacial score (nSPS) is 10.9. The zero-order valence-electron chi connectivity index (χ0n) is 11.1. The molecular formula is C15H23NO. The Kier molecular flexibility index (Phi) is 5.36. The molecule has 0 amide bonds. The molecule has 94 valence electrons. The Bertz CT molecular complexity index is 383. The molecule has 0 aliphatic carbocycles. The van der Waals surface area contributed by atoms with Crippen LogP contribution in [0.5, 0.6) is 0 Å². The second-order valence-electron chi connectivity index (χ2n) is 4.97. The Hall–Kier alpha value is -1.15. The summed E-state index contributed by atoms with van der Waals surface area (Å²) in [6.45, 7) is 6.67. The molecule has 0 aromatic heterocycles. The van der Waals surface area contributed by atoms with Gasteiger partial charge in [0.1, 0.15) is 0 Å². The molecule has 0 fully saturated rings. The molecule has 0 radical (unpaired) electrons. The van der Waals surface area contributed by atoms with E-state index in [4.69, 9.17) is 5.73 Å². The summed E-state index contributed by atoms with van der Waals surface area (Å²) in [5.41, 5.74) is 8.75. The average molecular weight is 233 g/mol. The van der Waals surface area contributed by atoms with Crippen LogP contribution in [0, 0.1) is 12.8 Å². The molecule has 0 saturated heterocycles. The van der Waals surface area contributed by atoms with Gasteiger partial charge in [0.05, 0.1) is 0 Å². The molecule has 0 aliphatic heterocycles. The Balaban J connectivity index is 2.83. The van der Waals surface area contributed by atoms with E-state index in [0.29, 0.717) is 0 Å². The van der Waals surface area contributed by atoms with Gasteiger partial charge in [-0.2, -0.15) is 0 Å². The lowest BCUT2D eigenvalue weighted by molar-refractivity contribution is 0.0939. The van der Waals surface area contributed by atoms with E-state index in [9.17, 15) is 4.79 Å². The summed E-state index contributed by atoms with van der Waals surface area (Å²) >= 11 is 0. The zero-order chi connectivity index (χ0) is 12.8. The van der Waals surface area contributed by atoms with Crippen molar-refractivity contribution in [3.63, 3.8) is 0 Å². The van der Waals surface area contributed by atoms with Crippen molar-refractivity contribution in [3.05, 3.63) is 34.9 Å². The second kappa shape index (κ2) is 6.55. The van der Waals surface area contributed by atoms with Crippen LogP contribution in [-0.2, 0) is 6.42 Å². The van der Waals surface area contributed by atoms with Crippen molar-refractivity contribution in [1.82, 2.24) is 0 Å². The summed E-state index contributed by atoms with van der Waals surface area (Å²) in [4.78, 5) is 12.0. The number of benzene rings is 1. The molecule has 0 aliphatic rings. The average Bonchev–Trinajstić information content (AvgIpc) is 2.27. The van der Waals surface area contributed by atoms with E-state index in [1.165, 1.54) is 11.1 Å². The minimum atomic E-state index is 0.0636. The van der Waals surface area contributed by atoms with Crippen molar-refractivity contribution in [2.45, 2.75) is 40.0 Å². The van der Waals surface area contributed by atoms with Gasteiger partial charge in [-0.15, -0.1) is 0 Å². The molecule has 1 aromatic carbocycles. The van der Waals surface area contributed by atoms with Gasteiger partial charge in [-0.3, -0.25) is 4.79 Å². The third-order valence-electron chi connectivity index (χ3n) is 2.87. The molecule has 0 unspecified atom stereocenters. The maximum Gasteiger partial charge on any atom is 0.165 e. The van der Waals surface area contributed by atoms with Gasteiger partial charge in [-0.05, 0) is 50.4 Å². The van der Waals surface area contributed by atoms with Gasteiger partial charge in [0.15, 0.2) is 5.78 Å². The van der Waals surface area contributed by atoms with Crippen molar-refractivity contribution in [2.24, 2.45) is 11.7 Å². The summed E-state index contributed by atoms with van der Waals surface area (Å²) in [7, 11) is 0. The number of rotatable bonds is 6. The van der Waals surface area contributed by atoms with E-state index < -0.39 is 0 Å². The van der Waals surface area contributed by atoms with Gasteiger partial charge in [-0.25, -0.2) is 0 Å². The van der Waals surface area contributed by atoms with Crippen molar-refractivity contribution in [1.29, 1.82) is 0 Å². The van der Waals surface area contributed by atoms with Gasteiger partial charge in [0.25, 0.3) is 0 Å². The molecule has 1 rings (SSSR count). The number of carbonyl (C=O) groups is 1. The molecule has 0 atom stereocenters. The maximum absolute atomic E-state index is 12.0. The Labute approximate surface area is 104 Å². The number of carbonyl (C=O) groups excluding carboxylic acids is 1. The first-order valence-electron chi connectivity index (χ1n) is 6.39. The van der Waals surface area contributed by atoms with E-state index in [0.717, 1.165) is 31.4 Å². The van der Waals surface area contributed by atoms with Crippen LogP contribution in [0.2, 0.25) is 0 Å². The van der Waals surface area contributed by atoms with Crippen LogP contribution in [0.4, 0.5) is 0 Å². The van der Waals surface area contributed by atoms with Gasteiger partial charge in [0, 0.05) is 11.5 Å². The highest BCUT2D eigenvalue weighted by Gasteiger charge is 2.11. The fraction of sp³-hybridized carbons (Fsp3) is 0.533. The SMILES string of the molecule is Cc1cc(CCCCN)cc(C(=O)C(C)C)c1. The highest BCUT2D eigenvalue weighted by molar-refractivity contribution is 5.97. The molecule has 0 bridgehead atoms. The van der Waals surface area contributed by atoms with Crippen LogP contribution in [-0.4, -0.2) is 12.3 Å². The van der Waals surface area contributed by atoms with Gasteiger partial charge in [0.2, 0.25) is 0 Å². The predicted molar refractivity (Wildman–Crippen MR) is 72.3 cm³/mol. The summed E-state index contributed by atoms with van der Waals surface area (Å²) in [5, 5.41) is 0. The van der Waals surface area contributed by atoms with Crippen LogP contribution in [0.15, 0.2) is 18.2 Å². The molecule has 2 nitrogen and oxygen atoms in total. The molecule has 2 N–H and O–H groups in total. The standard InChI is InChI=1S/C15H23NO/c1-11(2)15(17)14-9-12(3)8-13(10-14)6-4-5-7-16/h8-11H,4-7,16H2,1-3H3. The quantitative estimate of drug-likeness (QED) is 0.606. The van der Waals surface area contributed by atoms with Crippen molar-refractivity contribution in [3.8, 4) is 0 Å². The lowest BCUT2D eigenvalue weighted by Gasteiger charge is -2.09. The lowest BCUT2D eigenvalue weighted by Crippen LogP contribution is -2.08. The van der Waals surface area contributed by atoms with Crippen molar-refractivity contribution >= 4 is 5.78 Å². The van der Waals surface area contributed by atoms with Gasteiger partial charge < -0.3 is 5.73 Å². The molecular weight excluding hydrogens is 210 g/mol. The third-order valence-corrected chi connectivity index (χ3v) is 2.87. The number of hydrogen-bond donors (Lipinski definition) is 1. The first kappa shape index (κ1) is 13.9. The van der Waals surface area contributed by atoms with E-state index in [2.05, 4.69) is 6.07 Å². The van der Waals surface area contributed by atoms with E-state index in [-0.39, 0.29) is 11.7 Å². The van der Waals surface area contributed by atoms with Crippen LogP contribution in [0.1, 0.15) is 48.2 Å². The lowest BCUT2D eigenvalue weighted by atomic mass is 9.95. The highest BCUT2D eigenvalue weighted by atomic mass is 16.1. The molecule has 1 aromatic rings. The molecule has 0 saturated carbocycles. The van der Waals surface area contributed by atoms with Crippen LogP contribution in [0.25, 0.3) is 0 Å². The number of unbranched alkanes of at least 4 members (excludes halogenated alkanes) is 1. The van der Waals surface area contributed by atoms with Crippen LogP contribution < -0.4 is 5.73 Å². The molecule has 0 spiro atoms. The first-order valence-corrected chi connectivity index (χ1v) is 6.39. The van der Waals surface area contributed by atoms with Gasteiger partial charge >= 0.3 is 0 Å². The summed E-state index contributed by atoms with van der Waals surface area (Å²) in [6, 6.07) is 6.17. The fourth-order valence-corrected chi connectivity index (χ4v) is 1.96. The monoisotopic (exact) mass is 233 g/mol.